The van der Waals surface area contributed by atoms with Crippen LogP contribution >= 0.6 is 0 Å². The van der Waals surface area contributed by atoms with Gasteiger partial charge in [0.2, 0.25) is 0 Å². The zero-order valence-corrected chi connectivity index (χ0v) is 22.3. The molecule has 0 radical (unpaired) electrons. The van der Waals surface area contributed by atoms with Crippen LogP contribution in [0.4, 0.5) is 0 Å². The molecule has 1 N–H and O–H groups in total. The molecule has 0 aromatic heterocycles. The van der Waals surface area contributed by atoms with Crippen LogP contribution in [0.3, 0.4) is 0 Å². The van der Waals surface area contributed by atoms with E-state index in [2.05, 4.69) is 24.9 Å². The highest BCUT2D eigenvalue weighted by molar-refractivity contribution is 5.72. The van der Waals surface area contributed by atoms with Crippen LogP contribution in [-0.2, 0) is 21.4 Å². The lowest BCUT2D eigenvalue weighted by Crippen LogP contribution is -2.74. The minimum absolute atomic E-state index is 0.000306. The van der Waals surface area contributed by atoms with E-state index in [1.165, 1.54) is 50.5 Å². The van der Waals surface area contributed by atoms with Gasteiger partial charge in [-0.15, -0.1) is 0 Å². The third kappa shape index (κ3) is 4.05. The minimum atomic E-state index is -0.970. The van der Waals surface area contributed by atoms with Crippen molar-refractivity contribution in [3.63, 3.8) is 0 Å². The Balaban J connectivity index is 1.27. The molecule has 4 unspecified atom stereocenters. The number of benzene rings is 1. The molecule has 1 saturated heterocycles. The summed E-state index contributed by atoms with van der Waals surface area (Å²) in [7, 11) is 3.75. The van der Waals surface area contributed by atoms with Crippen LogP contribution in [0.25, 0.3) is 0 Å². The second-order valence-corrected chi connectivity index (χ2v) is 11.3. The van der Waals surface area contributed by atoms with E-state index in [-0.39, 0.29) is 12.0 Å². The highest BCUT2D eigenvalue weighted by Crippen LogP contribution is 2.65. The van der Waals surface area contributed by atoms with Crippen LogP contribution in [0.2, 0.25) is 0 Å². The maximum Gasteiger partial charge on any atom is 0.310 e. The molecular weight excluding hydrogens is 454 g/mol. The van der Waals surface area contributed by atoms with Crippen molar-refractivity contribution in [3.8, 4) is 11.5 Å². The molecule has 1 spiro atoms. The Hall–Kier alpha value is -2.05. The lowest BCUT2D eigenvalue weighted by atomic mass is 9.50. The van der Waals surface area contributed by atoms with E-state index in [1.54, 1.807) is 7.11 Å². The number of likely N-dealkylation sites (N-methyl/N-ethyl adjacent to an activating group) is 1. The van der Waals surface area contributed by atoms with Crippen LogP contribution in [-0.4, -0.2) is 54.4 Å². The average Bonchev–Trinajstić information content (AvgIpc) is 3.23. The summed E-state index contributed by atoms with van der Waals surface area (Å²) in [6.07, 6.45) is 14.7. The topological polar surface area (TPSA) is 68.2 Å². The molecule has 0 amide bonds. The first-order valence-corrected chi connectivity index (χ1v) is 14.2. The smallest absolute Gasteiger partial charge is 0.310 e. The Morgan fingerprint density at radius 1 is 1.14 bits per heavy atom. The van der Waals surface area contributed by atoms with Gasteiger partial charge in [0.05, 0.1) is 18.1 Å². The zero-order valence-electron chi connectivity index (χ0n) is 22.3. The predicted octanol–water partition coefficient (Wildman–Crippen LogP) is 5.44. The van der Waals surface area contributed by atoms with Crippen molar-refractivity contribution in [3.05, 3.63) is 35.1 Å². The van der Waals surface area contributed by atoms with Crippen LogP contribution in [0.15, 0.2) is 24.0 Å². The molecule has 1 aromatic rings. The number of nitrogens with zero attached hydrogens (tertiary/aromatic N) is 1. The van der Waals surface area contributed by atoms with Crippen LogP contribution in [0.5, 0.6) is 11.5 Å². The standard InChI is InChI=1S/C30H43NO5/c1-4-5-6-7-8-9-10-11-12-13-25(32)35-23-16-17-30(33)24-20-21-14-15-22(34-3)27-26(21)29(30,28(23)36-27)18-19-31(24)2/h14-16,24,28,33H,4-13,17-20H2,1-3H3. The summed E-state index contributed by atoms with van der Waals surface area (Å²) in [5.41, 5.74) is 0.683. The fourth-order valence-electron chi connectivity index (χ4n) is 7.35. The predicted molar refractivity (Wildman–Crippen MR) is 139 cm³/mol. The molecule has 2 heterocycles. The molecule has 0 saturated carbocycles. The molecular formula is C30H43NO5. The van der Waals surface area contributed by atoms with Gasteiger partial charge >= 0.3 is 5.97 Å². The number of unbranched alkanes of at least 4 members (excludes halogenated alkanes) is 8. The van der Waals surface area contributed by atoms with Crippen LogP contribution in [0, 0.1) is 0 Å². The van der Waals surface area contributed by atoms with Gasteiger partial charge in [0.15, 0.2) is 17.6 Å². The average molecular weight is 498 g/mol. The van der Waals surface area contributed by atoms with E-state index in [4.69, 9.17) is 14.2 Å². The van der Waals surface area contributed by atoms with Gasteiger partial charge in [0.1, 0.15) is 5.76 Å². The van der Waals surface area contributed by atoms with Gasteiger partial charge < -0.3 is 24.2 Å². The van der Waals surface area contributed by atoms with E-state index < -0.39 is 17.1 Å². The van der Waals surface area contributed by atoms with Crippen molar-refractivity contribution in [1.82, 2.24) is 4.90 Å². The van der Waals surface area contributed by atoms with Crippen LogP contribution in [0.1, 0.15) is 95.1 Å². The molecule has 2 bridgehead atoms. The number of likely N-dealkylation sites (tertiary alicyclic amines) is 1. The van der Waals surface area contributed by atoms with Crippen LogP contribution < -0.4 is 9.47 Å². The number of hydrogen-bond acceptors (Lipinski definition) is 6. The number of hydrogen-bond donors (Lipinski definition) is 1. The summed E-state index contributed by atoms with van der Waals surface area (Å²) in [6, 6.07) is 4.08. The molecule has 1 aromatic carbocycles. The molecule has 6 heteroatoms. The van der Waals surface area contributed by atoms with E-state index >= 15 is 0 Å². The van der Waals surface area contributed by atoms with Gasteiger partial charge in [-0.3, -0.25) is 4.79 Å². The number of aliphatic hydroxyl groups is 1. The Bertz CT molecular complexity index is 1010. The minimum Gasteiger partial charge on any atom is -0.493 e. The summed E-state index contributed by atoms with van der Waals surface area (Å²) in [6.45, 7) is 3.11. The van der Waals surface area contributed by atoms with Crippen molar-refractivity contribution in [1.29, 1.82) is 0 Å². The van der Waals surface area contributed by atoms with E-state index in [9.17, 15) is 9.90 Å². The molecule has 5 rings (SSSR count). The fraction of sp³-hybridized carbons (Fsp3) is 0.700. The maximum absolute atomic E-state index is 12.9. The van der Waals surface area contributed by atoms with Gasteiger partial charge in [-0.1, -0.05) is 64.4 Å². The SMILES string of the molecule is CCCCCCCCCCCC(=O)OC1=CCC2(O)C3Cc4ccc(OC)c5c4C2(CCN3C)C1O5. The third-order valence-corrected chi connectivity index (χ3v) is 9.27. The molecule has 2 aliphatic heterocycles. The Morgan fingerprint density at radius 2 is 1.86 bits per heavy atom. The second-order valence-electron chi connectivity index (χ2n) is 11.3. The van der Waals surface area contributed by atoms with E-state index in [0.717, 1.165) is 37.8 Å². The van der Waals surface area contributed by atoms with Crippen molar-refractivity contribution < 1.29 is 24.1 Å². The zero-order chi connectivity index (χ0) is 25.3. The quantitative estimate of drug-likeness (QED) is 0.307. The van der Waals surface area contributed by atoms with E-state index in [0.29, 0.717) is 30.1 Å². The van der Waals surface area contributed by atoms with Gasteiger partial charge in [-0.25, -0.2) is 0 Å². The normalized spacial score (nSPS) is 29.8. The highest BCUT2D eigenvalue weighted by Gasteiger charge is 2.72. The molecule has 6 nitrogen and oxygen atoms in total. The third-order valence-electron chi connectivity index (χ3n) is 9.27. The lowest BCUT2D eigenvalue weighted by molar-refractivity contribution is -0.169. The molecule has 2 aliphatic carbocycles. The number of carbonyl (C=O) groups excluding carboxylic acids is 1. The summed E-state index contributed by atoms with van der Waals surface area (Å²) in [5, 5.41) is 12.2. The number of piperidine rings is 1. The Labute approximate surface area is 216 Å². The summed E-state index contributed by atoms with van der Waals surface area (Å²) < 4.78 is 18.2. The molecule has 198 valence electrons. The number of esters is 1. The first-order valence-electron chi connectivity index (χ1n) is 14.2. The number of carbonyl (C=O) groups is 1. The van der Waals surface area contributed by atoms with Gasteiger partial charge in [-0.2, -0.15) is 0 Å². The van der Waals surface area contributed by atoms with E-state index in [1.807, 2.05) is 12.1 Å². The molecule has 4 atom stereocenters. The molecule has 4 aliphatic rings. The largest absolute Gasteiger partial charge is 0.493 e. The van der Waals surface area contributed by atoms with Crippen molar-refractivity contribution in [2.24, 2.45) is 0 Å². The number of rotatable bonds is 12. The highest BCUT2D eigenvalue weighted by atomic mass is 16.6. The van der Waals surface area contributed by atoms with Crippen molar-refractivity contribution >= 4 is 5.97 Å². The van der Waals surface area contributed by atoms with Crippen molar-refractivity contribution in [2.45, 2.75) is 114 Å². The summed E-state index contributed by atoms with van der Waals surface area (Å²) >= 11 is 0. The van der Waals surface area contributed by atoms with Crippen molar-refractivity contribution in [2.75, 3.05) is 20.7 Å². The molecule has 36 heavy (non-hydrogen) atoms. The second kappa shape index (κ2) is 10.4. The number of ether oxygens (including phenoxy) is 3. The Kier molecular flexibility index (Phi) is 7.37. The van der Waals surface area contributed by atoms with Gasteiger partial charge in [-0.05, 0) is 50.6 Å². The lowest BCUT2D eigenvalue weighted by Gasteiger charge is -2.61. The first-order chi connectivity index (χ1) is 17.5. The first kappa shape index (κ1) is 25.6. The molecule has 1 fully saturated rings. The number of methoxy groups -OCH3 is 1. The summed E-state index contributed by atoms with van der Waals surface area (Å²) in [4.78, 5) is 15.1. The Morgan fingerprint density at radius 3 is 2.58 bits per heavy atom. The maximum atomic E-state index is 12.9. The fourth-order valence-corrected chi connectivity index (χ4v) is 7.35. The summed E-state index contributed by atoms with van der Waals surface area (Å²) in [5.74, 6) is 1.76. The van der Waals surface area contributed by atoms with Gasteiger partial charge in [0.25, 0.3) is 0 Å². The van der Waals surface area contributed by atoms with Gasteiger partial charge in [0, 0.05) is 24.4 Å². The monoisotopic (exact) mass is 497 g/mol.